The molecular formula is C16H18N4. The number of fused-ring (bicyclic) bond motifs is 2. The average molecular weight is 266 g/mol. The van der Waals surface area contributed by atoms with E-state index in [1.54, 1.807) is 0 Å². The van der Waals surface area contributed by atoms with Gasteiger partial charge in [-0.3, -0.25) is 10.00 Å². The van der Waals surface area contributed by atoms with E-state index in [9.17, 15) is 0 Å². The zero-order chi connectivity index (χ0) is 13.5. The van der Waals surface area contributed by atoms with Gasteiger partial charge in [0.15, 0.2) is 0 Å². The number of hydrogen-bond donors (Lipinski definition) is 1. The summed E-state index contributed by atoms with van der Waals surface area (Å²) in [5, 5.41) is 8.31. The van der Waals surface area contributed by atoms with Crippen molar-refractivity contribution in [2.45, 2.75) is 26.1 Å². The van der Waals surface area contributed by atoms with E-state index in [2.05, 4.69) is 63.1 Å². The highest BCUT2D eigenvalue weighted by atomic mass is 15.2. The van der Waals surface area contributed by atoms with E-state index in [-0.39, 0.29) is 0 Å². The lowest BCUT2D eigenvalue weighted by Gasteiger charge is -2.34. The molecule has 0 saturated heterocycles. The second kappa shape index (κ2) is 4.49. The summed E-state index contributed by atoms with van der Waals surface area (Å²) in [4.78, 5) is 2.53. The van der Waals surface area contributed by atoms with Crippen molar-refractivity contribution in [3.8, 4) is 0 Å². The van der Waals surface area contributed by atoms with Crippen molar-refractivity contribution in [2.75, 3.05) is 6.54 Å². The second-order valence-electron chi connectivity index (χ2n) is 5.56. The molecule has 4 nitrogen and oxygen atoms in total. The Kier molecular flexibility index (Phi) is 2.63. The Labute approximate surface area is 118 Å². The van der Waals surface area contributed by atoms with Crippen molar-refractivity contribution in [1.29, 1.82) is 0 Å². The summed E-state index contributed by atoms with van der Waals surface area (Å²) in [6.45, 7) is 5.46. The molecule has 0 spiro atoms. The van der Waals surface area contributed by atoms with Crippen molar-refractivity contribution in [1.82, 2.24) is 19.7 Å². The number of aromatic amines is 1. The third-order valence-corrected chi connectivity index (χ3v) is 4.36. The zero-order valence-electron chi connectivity index (χ0n) is 11.6. The van der Waals surface area contributed by atoms with E-state index in [1.165, 1.54) is 16.6 Å². The standard InChI is InChI=1S/C16H18N4/c1-12-16-3-2-6-19(16)7-8-20(12)11-13-4-5-14-10-17-18-15(14)9-13/h2-6,9-10,12H,7-8,11H2,1H3,(H,17,18)/t12-/m0/s1. The van der Waals surface area contributed by atoms with Crippen LogP contribution in [0.25, 0.3) is 10.9 Å². The van der Waals surface area contributed by atoms with Crippen LogP contribution in [-0.4, -0.2) is 26.2 Å². The molecule has 1 aliphatic rings. The van der Waals surface area contributed by atoms with E-state index in [0.717, 1.165) is 25.2 Å². The molecular weight excluding hydrogens is 248 g/mol. The van der Waals surface area contributed by atoms with Crippen LogP contribution in [0.1, 0.15) is 24.2 Å². The summed E-state index contributed by atoms with van der Waals surface area (Å²) in [6, 6.07) is 11.4. The minimum absolute atomic E-state index is 0.469. The fourth-order valence-corrected chi connectivity index (χ4v) is 3.16. The molecule has 1 N–H and O–H groups in total. The van der Waals surface area contributed by atoms with Gasteiger partial charge in [-0.2, -0.15) is 5.10 Å². The molecule has 0 fully saturated rings. The Bertz CT molecular complexity index is 740. The van der Waals surface area contributed by atoms with E-state index in [1.807, 2.05) is 6.20 Å². The lowest BCUT2D eigenvalue weighted by Crippen LogP contribution is -2.35. The summed E-state index contributed by atoms with van der Waals surface area (Å²) in [5.74, 6) is 0. The number of rotatable bonds is 2. The van der Waals surface area contributed by atoms with Crippen LogP contribution in [0.2, 0.25) is 0 Å². The van der Waals surface area contributed by atoms with Crippen LogP contribution in [0.15, 0.2) is 42.7 Å². The minimum Gasteiger partial charge on any atom is -0.349 e. The largest absolute Gasteiger partial charge is 0.349 e. The third-order valence-electron chi connectivity index (χ3n) is 4.36. The SMILES string of the molecule is C[C@H]1c2cccn2CCN1Cc1ccc2cn[nH]c2c1. The fourth-order valence-electron chi connectivity index (χ4n) is 3.16. The molecule has 0 aliphatic carbocycles. The molecule has 0 amide bonds. The Morgan fingerprint density at radius 2 is 2.25 bits per heavy atom. The summed E-state index contributed by atoms with van der Waals surface area (Å²) >= 11 is 0. The smallest absolute Gasteiger partial charge is 0.0653 e. The summed E-state index contributed by atoms with van der Waals surface area (Å²) in [5.41, 5.74) is 3.88. The molecule has 3 heterocycles. The zero-order valence-corrected chi connectivity index (χ0v) is 11.6. The highest BCUT2D eigenvalue weighted by Gasteiger charge is 2.23. The first-order valence-electron chi connectivity index (χ1n) is 7.12. The Balaban J connectivity index is 1.60. The third kappa shape index (κ3) is 1.84. The highest BCUT2D eigenvalue weighted by Crippen LogP contribution is 2.27. The van der Waals surface area contributed by atoms with Gasteiger partial charge in [0.1, 0.15) is 0 Å². The molecule has 102 valence electrons. The summed E-state index contributed by atoms with van der Waals surface area (Å²) in [6.07, 6.45) is 4.05. The van der Waals surface area contributed by atoms with Gasteiger partial charge in [-0.25, -0.2) is 0 Å². The van der Waals surface area contributed by atoms with E-state index >= 15 is 0 Å². The van der Waals surface area contributed by atoms with E-state index in [0.29, 0.717) is 6.04 Å². The number of nitrogens with zero attached hydrogens (tertiary/aromatic N) is 3. The monoisotopic (exact) mass is 266 g/mol. The van der Waals surface area contributed by atoms with Gasteiger partial charge >= 0.3 is 0 Å². The van der Waals surface area contributed by atoms with Crippen LogP contribution in [0.5, 0.6) is 0 Å². The molecule has 1 aromatic carbocycles. The van der Waals surface area contributed by atoms with Gasteiger partial charge in [-0.1, -0.05) is 12.1 Å². The summed E-state index contributed by atoms with van der Waals surface area (Å²) < 4.78 is 2.36. The maximum Gasteiger partial charge on any atom is 0.0653 e. The van der Waals surface area contributed by atoms with E-state index in [4.69, 9.17) is 0 Å². The lowest BCUT2D eigenvalue weighted by atomic mass is 10.1. The minimum atomic E-state index is 0.469. The van der Waals surface area contributed by atoms with Gasteiger partial charge in [-0.15, -0.1) is 0 Å². The van der Waals surface area contributed by atoms with Crippen molar-refractivity contribution < 1.29 is 0 Å². The van der Waals surface area contributed by atoms with Crippen LogP contribution in [0, 0.1) is 0 Å². The maximum absolute atomic E-state index is 4.09. The molecule has 0 bridgehead atoms. The number of aromatic nitrogens is 3. The number of H-pyrrole nitrogens is 1. The van der Waals surface area contributed by atoms with Gasteiger partial charge in [0.25, 0.3) is 0 Å². The van der Waals surface area contributed by atoms with Crippen LogP contribution < -0.4 is 0 Å². The predicted molar refractivity (Wildman–Crippen MR) is 79.4 cm³/mol. The molecule has 0 unspecified atom stereocenters. The predicted octanol–water partition coefficient (Wildman–Crippen LogP) is 2.94. The molecule has 3 aromatic rings. The summed E-state index contributed by atoms with van der Waals surface area (Å²) in [7, 11) is 0. The number of hydrogen-bond acceptors (Lipinski definition) is 2. The Morgan fingerprint density at radius 1 is 1.30 bits per heavy atom. The average Bonchev–Trinajstić information content (AvgIpc) is 3.10. The van der Waals surface area contributed by atoms with Gasteiger partial charge in [0, 0.05) is 43.0 Å². The van der Waals surface area contributed by atoms with Crippen molar-refractivity contribution in [2.24, 2.45) is 0 Å². The molecule has 1 atom stereocenters. The topological polar surface area (TPSA) is 36.9 Å². The van der Waals surface area contributed by atoms with Crippen molar-refractivity contribution >= 4 is 10.9 Å². The molecule has 4 rings (SSSR count). The van der Waals surface area contributed by atoms with Crippen molar-refractivity contribution in [3.63, 3.8) is 0 Å². The molecule has 2 aromatic heterocycles. The Hall–Kier alpha value is -2.07. The fraction of sp³-hybridized carbons (Fsp3) is 0.312. The van der Waals surface area contributed by atoms with Gasteiger partial charge in [0.2, 0.25) is 0 Å². The first-order valence-corrected chi connectivity index (χ1v) is 7.12. The van der Waals surface area contributed by atoms with Crippen molar-refractivity contribution in [3.05, 3.63) is 54.0 Å². The van der Waals surface area contributed by atoms with Gasteiger partial charge < -0.3 is 4.57 Å². The number of benzene rings is 1. The van der Waals surface area contributed by atoms with E-state index < -0.39 is 0 Å². The lowest BCUT2D eigenvalue weighted by molar-refractivity contribution is 0.161. The van der Waals surface area contributed by atoms with Crippen LogP contribution >= 0.6 is 0 Å². The maximum atomic E-state index is 4.09. The second-order valence-corrected chi connectivity index (χ2v) is 5.56. The molecule has 4 heteroatoms. The van der Waals surface area contributed by atoms with Crippen LogP contribution in [0.3, 0.4) is 0 Å². The van der Waals surface area contributed by atoms with Gasteiger partial charge in [0.05, 0.1) is 11.7 Å². The first-order chi connectivity index (χ1) is 9.81. The highest BCUT2D eigenvalue weighted by molar-refractivity contribution is 5.78. The molecule has 0 saturated carbocycles. The van der Waals surface area contributed by atoms with Crippen LogP contribution in [-0.2, 0) is 13.1 Å². The van der Waals surface area contributed by atoms with Gasteiger partial charge in [-0.05, 0) is 30.7 Å². The number of nitrogens with one attached hydrogen (secondary N) is 1. The van der Waals surface area contributed by atoms with Crippen LogP contribution in [0.4, 0.5) is 0 Å². The first kappa shape index (κ1) is 11.7. The molecule has 20 heavy (non-hydrogen) atoms. The molecule has 1 aliphatic heterocycles. The normalized spacial score (nSPS) is 19.4. The Morgan fingerprint density at radius 3 is 3.20 bits per heavy atom. The molecule has 0 radical (unpaired) electrons. The quantitative estimate of drug-likeness (QED) is 0.774.